The van der Waals surface area contributed by atoms with Crippen LogP contribution in [0, 0.1) is 5.82 Å². The Hall–Kier alpha value is -3.26. The molecule has 0 spiro atoms. The van der Waals surface area contributed by atoms with Crippen molar-refractivity contribution in [2.45, 2.75) is 32.9 Å². The number of anilines is 2. The number of aromatic nitrogens is 5. The molecule has 0 amide bonds. The van der Waals surface area contributed by atoms with Crippen LogP contribution in [0.25, 0.3) is 22.3 Å². The largest absolute Gasteiger partial charge is 0.383 e. The first-order chi connectivity index (χ1) is 14.2. The second-order valence-corrected chi connectivity index (χ2v) is 8.31. The Morgan fingerprint density at radius 1 is 1.20 bits per heavy atom. The topological polar surface area (TPSA) is 94.5 Å². The summed E-state index contributed by atoms with van der Waals surface area (Å²) in [6.45, 7) is 6.48. The predicted molar refractivity (Wildman–Crippen MR) is 117 cm³/mol. The third-order valence-corrected chi connectivity index (χ3v) is 4.86. The molecule has 0 fully saturated rings. The molecule has 0 atom stereocenters. The Kier molecular flexibility index (Phi) is 5.03. The van der Waals surface area contributed by atoms with Gasteiger partial charge in [0.15, 0.2) is 5.65 Å². The van der Waals surface area contributed by atoms with Gasteiger partial charge in [0.2, 0.25) is 5.95 Å². The van der Waals surface area contributed by atoms with Gasteiger partial charge in [-0.1, -0.05) is 17.7 Å². The lowest BCUT2D eigenvalue weighted by molar-refractivity contribution is 0.364. The molecular formula is C21H21ClFN7. The molecule has 0 saturated heterocycles. The predicted octanol–water partition coefficient (Wildman–Crippen LogP) is 4.63. The van der Waals surface area contributed by atoms with E-state index in [2.05, 4.69) is 25.4 Å². The molecule has 0 radical (unpaired) electrons. The van der Waals surface area contributed by atoms with Crippen molar-refractivity contribution in [2.24, 2.45) is 0 Å². The maximum Gasteiger partial charge on any atom is 0.225 e. The maximum atomic E-state index is 13.7. The first-order valence-electron chi connectivity index (χ1n) is 9.39. The van der Waals surface area contributed by atoms with E-state index in [9.17, 15) is 4.39 Å². The van der Waals surface area contributed by atoms with Crippen LogP contribution in [-0.4, -0.2) is 24.7 Å². The Morgan fingerprint density at radius 3 is 2.67 bits per heavy atom. The van der Waals surface area contributed by atoms with Crippen LogP contribution in [0.4, 0.5) is 16.2 Å². The lowest BCUT2D eigenvalue weighted by Gasteiger charge is -2.20. The lowest BCUT2D eigenvalue weighted by atomic mass is 10.1. The number of halogens is 2. The fourth-order valence-corrected chi connectivity index (χ4v) is 3.32. The monoisotopic (exact) mass is 425 g/mol. The number of nitrogen functional groups attached to an aromatic ring is 1. The number of fused-ring (bicyclic) bond motifs is 1. The highest BCUT2D eigenvalue weighted by Gasteiger charge is 2.24. The van der Waals surface area contributed by atoms with Crippen LogP contribution in [0.15, 0.2) is 42.7 Å². The van der Waals surface area contributed by atoms with Crippen molar-refractivity contribution in [3.63, 3.8) is 0 Å². The SMILES string of the molecule is CC(C)(C)n1nc2nc(NCc3cccnc3)nc(-c3ccc(F)c(Cl)c3)c2c1N. The molecule has 9 heteroatoms. The number of nitrogens with zero attached hydrogens (tertiary/aromatic N) is 5. The number of benzene rings is 1. The molecule has 0 bridgehead atoms. The van der Waals surface area contributed by atoms with Crippen LogP contribution >= 0.6 is 11.6 Å². The quantitative estimate of drug-likeness (QED) is 0.495. The smallest absolute Gasteiger partial charge is 0.225 e. The molecule has 154 valence electrons. The van der Waals surface area contributed by atoms with Gasteiger partial charge < -0.3 is 11.1 Å². The first-order valence-corrected chi connectivity index (χ1v) is 9.77. The van der Waals surface area contributed by atoms with Gasteiger partial charge in [-0.25, -0.2) is 14.1 Å². The first kappa shape index (κ1) is 20.0. The summed E-state index contributed by atoms with van der Waals surface area (Å²) in [6, 6.07) is 8.25. The van der Waals surface area contributed by atoms with Crippen molar-refractivity contribution >= 4 is 34.4 Å². The van der Waals surface area contributed by atoms with Crippen LogP contribution in [0.5, 0.6) is 0 Å². The van der Waals surface area contributed by atoms with E-state index in [0.717, 1.165) is 5.56 Å². The summed E-state index contributed by atoms with van der Waals surface area (Å²) in [7, 11) is 0. The lowest BCUT2D eigenvalue weighted by Crippen LogP contribution is -2.24. The molecule has 1 aromatic carbocycles. The van der Waals surface area contributed by atoms with Crippen LogP contribution in [0.2, 0.25) is 5.02 Å². The van der Waals surface area contributed by atoms with Gasteiger partial charge in [0, 0.05) is 24.5 Å². The molecule has 0 aliphatic heterocycles. The molecule has 0 aliphatic carbocycles. The van der Waals surface area contributed by atoms with Gasteiger partial charge in [-0.2, -0.15) is 4.98 Å². The van der Waals surface area contributed by atoms with Gasteiger partial charge in [0.05, 0.1) is 21.6 Å². The Balaban J connectivity index is 1.87. The van der Waals surface area contributed by atoms with Gasteiger partial charge in [0.1, 0.15) is 11.6 Å². The van der Waals surface area contributed by atoms with Crippen molar-refractivity contribution in [3.8, 4) is 11.3 Å². The number of pyridine rings is 1. The molecule has 4 rings (SSSR count). The number of nitrogens with two attached hydrogens (primary N) is 1. The van der Waals surface area contributed by atoms with Crippen molar-refractivity contribution in [2.75, 3.05) is 11.1 Å². The number of hydrogen-bond donors (Lipinski definition) is 2. The summed E-state index contributed by atoms with van der Waals surface area (Å²) in [5.74, 6) is 0.311. The number of rotatable bonds is 4. The van der Waals surface area contributed by atoms with Crippen LogP contribution < -0.4 is 11.1 Å². The van der Waals surface area contributed by atoms with Gasteiger partial charge >= 0.3 is 0 Å². The van der Waals surface area contributed by atoms with Gasteiger partial charge in [-0.05, 0) is 50.6 Å². The second kappa shape index (κ2) is 7.53. The standard InChI is InChI=1S/C21H21ClFN7/c1-21(2,3)30-18(24)16-17(13-6-7-15(23)14(22)9-13)27-20(28-19(16)29-30)26-11-12-5-4-8-25-10-12/h4-10H,11,24H2,1-3H3,(H,26,28,29). The fourth-order valence-electron chi connectivity index (χ4n) is 3.14. The van der Waals surface area contributed by atoms with Crippen LogP contribution in [0.3, 0.4) is 0 Å². The van der Waals surface area contributed by atoms with E-state index < -0.39 is 5.82 Å². The summed E-state index contributed by atoms with van der Waals surface area (Å²) >= 11 is 6.02. The van der Waals surface area contributed by atoms with E-state index in [1.54, 1.807) is 23.1 Å². The molecule has 3 N–H and O–H groups in total. The fraction of sp³-hybridized carbons (Fsp3) is 0.238. The zero-order valence-corrected chi connectivity index (χ0v) is 17.6. The van der Waals surface area contributed by atoms with Gasteiger partial charge in [-0.3, -0.25) is 4.98 Å². The third kappa shape index (κ3) is 3.78. The summed E-state index contributed by atoms with van der Waals surface area (Å²) in [5, 5.41) is 8.41. The van der Waals surface area contributed by atoms with Crippen molar-refractivity contribution in [3.05, 3.63) is 59.1 Å². The highest BCUT2D eigenvalue weighted by Crippen LogP contribution is 2.35. The molecule has 3 aromatic heterocycles. The minimum absolute atomic E-state index is 0.00548. The number of hydrogen-bond acceptors (Lipinski definition) is 6. The van der Waals surface area contributed by atoms with E-state index in [-0.39, 0.29) is 10.6 Å². The molecule has 0 saturated carbocycles. The maximum absolute atomic E-state index is 13.7. The van der Waals surface area contributed by atoms with Crippen molar-refractivity contribution in [1.29, 1.82) is 0 Å². The molecule has 7 nitrogen and oxygen atoms in total. The Morgan fingerprint density at radius 2 is 2.00 bits per heavy atom. The minimum atomic E-state index is -0.501. The molecule has 0 unspecified atom stereocenters. The third-order valence-electron chi connectivity index (χ3n) is 4.57. The normalized spacial score (nSPS) is 11.8. The summed E-state index contributed by atoms with van der Waals surface area (Å²) in [4.78, 5) is 13.3. The highest BCUT2D eigenvalue weighted by atomic mass is 35.5. The molecule has 4 aromatic rings. The Bertz CT molecular complexity index is 1220. The minimum Gasteiger partial charge on any atom is -0.383 e. The van der Waals surface area contributed by atoms with Crippen molar-refractivity contribution < 1.29 is 4.39 Å². The summed E-state index contributed by atoms with van der Waals surface area (Å²) < 4.78 is 15.4. The number of nitrogens with one attached hydrogen (secondary N) is 1. The average molecular weight is 426 g/mol. The van der Waals surface area contributed by atoms with E-state index in [0.29, 0.717) is 40.6 Å². The highest BCUT2D eigenvalue weighted by molar-refractivity contribution is 6.31. The second-order valence-electron chi connectivity index (χ2n) is 7.91. The zero-order chi connectivity index (χ0) is 21.5. The van der Waals surface area contributed by atoms with E-state index in [4.69, 9.17) is 17.3 Å². The van der Waals surface area contributed by atoms with E-state index in [1.165, 1.54) is 12.1 Å². The summed E-state index contributed by atoms with van der Waals surface area (Å²) in [6.07, 6.45) is 3.48. The van der Waals surface area contributed by atoms with E-state index >= 15 is 0 Å². The molecular weight excluding hydrogens is 405 g/mol. The van der Waals surface area contributed by atoms with Gasteiger partial charge in [0.25, 0.3) is 0 Å². The Labute approximate surface area is 178 Å². The van der Waals surface area contributed by atoms with Crippen molar-refractivity contribution in [1.82, 2.24) is 24.7 Å². The van der Waals surface area contributed by atoms with Crippen LogP contribution in [-0.2, 0) is 12.1 Å². The molecule has 0 aliphatic rings. The molecule has 3 heterocycles. The zero-order valence-electron chi connectivity index (χ0n) is 16.8. The summed E-state index contributed by atoms with van der Waals surface area (Å²) in [5.41, 5.74) is 8.66. The molecule has 30 heavy (non-hydrogen) atoms. The van der Waals surface area contributed by atoms with Gasteiger partial charge in [-0.15, -0.1) is 5.10 Å². The average Bonchev–Trinajstić information content (AvgIpc) is 3.06. The van der Waals surface area contributed by atoms with Crippen LogP contribution in [0.1, 0.15) is 26.3 Å². The van der Waals surface area contributed by atoms with E-state index in [1.807, 2.05) is 32.9 Å².